The molecule has 3 aromatic rings. The Morgan fingerprint density at radius 1 is 1.00 bits per heavy atom. The average molecular weight is 406 g/mol. The van der Waals surface area contributed by atoms with E-state index in [9.17, 15) is 20.1 Å². The standard InChI is InChI=1S/C23H22N2O5/c26-19-10-5-11-24-21(19)22(28)20(27)12-25-23(29)30-13-18-16-8-3-1-6-14(16)15-7-2-4-9-17(15)18/h1-11,18,20,22,26-28H,12-13H2,(H,25,29). The number of aliphatic hydroxyl groups is 2. The van der Waals surface area contributed by atoms with Gasteiger partial charge in [-0.15, -0.1) is 0 Å². The number of rotatable bonds is 6. The lowest BCUT2D eigenvalue weighted by Gasteiger charge is -2.19. The third-order valence-corrected chi connectivity index (χ3v) is 5.26. The molecule has 1 aromatic heterocycles. The van der Waals surface area contributed by atoms with Gasteiger partial charge in [0, 0.05) is 18.7 Å². The number of hydrogen-bond acceptors (Lipinski definition) is 6. The molecule has 30 heavy (non-hydrogen) atoms. The van der Waals surface area contributed by atoms with Gasteiger partial charge < -0.3 is 25.4 Å². The number of carbonyl (C=O) groups is 1. The van der Waals surface area contributed by atoms with Gasteiger partial charge in [-0.25, -0.2) is 4.79 Å². The number of nitrogens with zero attached hydrogens (tertiary/aromatic N) is 1. The largest absolute Gasteiger partial charge is 0.506 e. The molecule has 1 amide bonds. The molecule has 2 unspecified atom stereocenters. The molecule has 1 aliphatic rings. The summed E-state index contributed by atoms with van der Waals surface area (Å²) in [7, 11) is 0. The van der Waals surface area contributed by atoms with Crippen LogP contribution in [0.2, 0.25) is 0 Å². The van der Waals surface area contributed by atoms with E-state index in [0.29, 0.717) is 0 Å². The first kappa shape index (κ1) is 19.9. The van der Waals surface area contributed by atoms with Crippen molar-refractivity contribution in [2.24, 2.45) is 0 Å². The van der Waals surface area contributed by atoms with Crippen molar-refractivity contribution in [3.8, 4) is 16.9 Å². The first-order valence-electron chi connectivity index (χ1n) is 9.65. The van der Waals surface area contributed by atoms with Gasteiger partial charge in [0.25, 0.3) is 0 Å². The van der Waals surface area contributed by atoms with E-state index in [1.165, 1.54) is 18.3 Å². The van der Waals surface area contributed by atoms with Gasteiger partial charge in [0.15, 0.2) is 0 Å². The quantitative estimate of drug-likeness (QED) is 0.501. The van der Waals surface area contributed by atoms with Gasteiger partial charge >= 0.3 is 6.09 Å². The fourth-order valence-electron chi connectivity index (χ4n) is 3.77. The zero-order chi connectivity index (χ0) is 21.1. The first-order valence-corrected chi connectivity index (χ1v) is 9.65. The Morgan fingerprint density at radius 3 is 2.27 bits per heavy atom. The Bertz CT molecular complexity index is 1010. The van der Waals surface area contributed by atoms with Crippen molar-refractivity contribution in [3.63, 3.8) is 0 Å². The second kappa shape index (κ2) is 8.52. The fourth-order valence-corrected chi connectivity index (χ4v) is 3.77. The number of pyridine rings is 1. The van der Waals surface area contributed by atoms with Crippen LogP contribution in [0.3, 0.4) is 0 Å². The van der Waals surface area contributed by atoms with E-state index in [0.717, 1.165) is 22.3 Å². The van der Waals surface area contributed by atoms with Crippen molar-refractivity contribution in [2.45, 2.75) is 18.1 Å². The van der Waals surface area contributed by atoms with Crippen LogP contribution in [0.25, 0.3) is 11.1 Å². The second-order valence-corrected chi connectivity index (χ2v) is 7.13. The molecule has 7 nitrogen and oxygen atoms in total. The van der Waals surface area contributed by atoms with Crippen LogP contribution in [-0.2, 0) is 4.74 Å². The van der Waals surface area contributed by atoms with Crippen LogP contribution in [0.1, 0.15) is 28.8 Å². The Morgan fingerprint density at radius 2 is 1.63 bits per heavy atom. The highest BCUT2D eigenvalue weighted by Gasteiger charge is 2.29. The SMILES string of the molecule is O=C(NCC(O)C(O)c1ncccc1O)OCC1c2ccccc2-c2ccccc21. The molecule has 4 rings (SSSR count). The number of alkyl carbamates (subject to hydrolysis) is 1. The molecule has 154 valence electrons. The van der Waals surface area contributed by atoms with Crippen molar-refractivity contribution in [1.29, 1.82) is 0 Å². The highest BCUT2D eigenvalue weighted by Crippen LogP contribution is 2.44. The van der Waals surface area contributed by atoms with Gasteiger partial charge in [-0.1, -0.05) is 48.5 Å². The molecule has 0 spiro atoms. The molecule has 0 bridgehead atoms. The van der Waals surface area contributed by atoms with Crippen LogP contribution in [0, 0.1) is 0 Å². The Labute approximate surface area is 173 Å². The smallest absolute Gasteiger partial charge is 0.407 e. The normalized spacial score (nSPS) is 14.5. The van der Waals surface area contributed by atoms with Gasteiger partial charge in [-0.3, -0.25) is 4.98 Å². The predicted molar refractivity (Wildman–Crippen MR) is 110 cm³/mol. The van der Waals surface area contributed by atoms with Crippen LogP contribution >= 0.6 is 0 Å². The maximum atomic E-state index is 12.2. The Kier molecular flexibility index (Phi) is 5.65. The number of nitrogens with one attached hydrogen (secondary N) is 1. The molecule has 1 heterocycles. The van der Waals surface area contributed by atoms with Gasteiger partial charge in [-0.05, 0) is 34.4 Å². The van der Waals surface area contributed by atoms with E-state index in [1.54, 1.807) is 0 Å². The minimum Gasteiger partial charge on any atom is -0.506 e. The lowest BCUT2D eigenvalue weighted by Crippen LogP contribution is -2.36. The molecule has 0 fully saturated rings. The molecule has 0 radical (unpaired) electrons. The minimum absolute atomic E-state index is 0.0562. The first-order chi connectivity index (χ1) is 14.6. The average Bonchev–Trinajstić information content (AvgIpc) is 3.09. The number of ether oxygens (including phenoxy) is 1. The van der Waals surface area contributed by atoms with Crippen LogP contribution in [0.4, 0.5) is 4.79 Å². The van der Waals surface area contributed by atoms with Crippen molar-refractivity contribution >= 4 is 6.09 Å². The highest BCUT2D eigenvalue weighted by molar-refractivity contribution is 5.79. The molecule has 2 atom stereocenters. The van der Waals surface area contributed by atoms with E-state index in [4.69, 9.17) is 4.74 Å². The zero-order valence-electron chi connectivity index (χ0n) is 16.1. The van der Waals surface area contributed by atoms with Gasteiger partial charge in [0.1, 0.15) is 30.3 Å². The molecular weight excluding hydrogens is 384 g/mol. The minimum atomic E-state index is -1.44. The molecule has 2 aromatic carbocycles. The van der Waals surface area contributed by atoms with E-state index in [-0.39, 0.29) is 30.5 Å². The van der Waals surface area contributed by atoms with Gasteiger partial charge in [-0.2, -0.15) is 0 Å². The molecule has 4 N–H and O–H groups in total. The highest BCUT2D eigenvalue weighted by atomic mass is 16.5. The molecule has 0 saturated heterocycles. The number of benzene rings is 2. The van der Waals surface area contributed by atoms with Crippen LogP contribution in [-0.4, -0.2) is 45.7 Å². The zero-order valence-corrected chi connectivity index (χ0v) is 16.1. The molecule has 0 saturated carbocycles. The summed E-state index contributed by atoms with van der Waals surface area (Å²) < 4.78 is 5.39. The van der Waals surface area contributed by atoms with Crippen molar-refractivity contribution in [1.82, 2.24) is 10.3 Å². The van der Waals surface area contributed by atoms with Crippen molar-refractivity contribution in [2.75, 3.05) is 13.2 Å². The third-order valence-electron chi connectivity index (χ3n) is 5.26. The van der Waals surface area contributed by atoms with E-state index in [2.05, 4.69) is 22.4 Å². The summed E-state index contributed by atoms with van der Waals surface area (Å²) in [6, 6.07) is 18.9. The van der Waals surface area contributed by atoms with Gasteiger partial charge in [0.05, 0.1) is 0 Å². The maximum Gasteiger partial charge on any atom is 0.407 e. The predicted octanol–water partition coefficient (Wildman–Crippen LogP) is 2.72. The van der Waals surface area contributed by atoms with Crippen LogP contribution in [0.15, 0.2) is 66.9 Å². The number of aromatic nitrogens is 1. The summed E-state index contributed by atoms with van der Waals surface area (Å²) in [6.45, 7) is -0.104. The summed E-state index contributed by atoms with van der Waals surface area (Å²) in [6.07, 6.45) is -2.11. The van der Waals surface area contributed by atoms with Gasteiger partial charge in [0.2, 0.25) is 0 Å². The summed E-state index contributed by atoms with van der Waals surface area (Å²) >= 11 is 0. The number of carbonyl (C=O) groups excluding carboxylic acids is 1. The maximum absolute atomic E-state index is 12.2. The van der Waals surface area contributed by atoms with Crippen molar-refractivity contribution < 1.29 is 24.9 Å². The Hall–Kier alpha value is -3.42. The molecule has 1 aliphatic carbocycles. The van der Waals surface area contributed by atoms with E-state index >= 15 is 0 Å². The monoisotopic (exact) mass is 406 g/mol. The van der Waals surface area contributed by atoms with E-state index in [1.807, 2.05) is 36.4 Å². The number of fused-ring (bicyclic) bond motifs is 3. The number of hydrogen-bond donors (Lipinski definition) is 4. The topological polar surface area (TPSA) is 112 Å². The number of aromatic hydroxyl groups is 1. The number of aliphatic hydroxyl groups excluding tert-OH is 2. The lowest BCUT2D eigenvalue weighted by atomic mass is 9.98. The van der Waals surface area contributed by atoms with Crippen molar-refractivity contribution in [3.05, 3.63) is 83.7 Å². The third kappa shape index (κ3) is 3.85. The lowest BCUT2D eigenvalue weighted by molar-refractivity contribution is 0.0147. The van der Waals surface area contributed by atoms with Crippen LogP contribution < -0.4 is 5.32 Å². The summed E-state index contributed by atoms with van der Waals surface area (Å²) in [5, 5.41) is 32.4. The summed E-state index contributed by atoms with van der Waals surface area (Å²) in [4.78, 5) is 16.0. The molecule has 7 heteroatoms. The summed E-state index contributed by atoms with van der Waals surface area (Å²) in [5.41, 5.74) is 4.42. The van der Waals surface area contributed by atoms with Crippen LogP contribution in [0.5, 0.6) is 5.75 Å². The summed E-state index contributed by atoms with van der Waals surface area (Å²) in [5.74, 6) is -0.297. The molecular formula is C23H22N2O5. The second-order valence-electron chi connectivity index (χ2n) is 7.13. The van der Waals surface area contributed by atoms with E-state index < -0.39 is 18.3 Å². The number of amides is 1. The Balaban J connectivity index is 1.35. The molecule has 0 aliphatic heterocycles. The fraction of sp³-hybridized carbons (Fsp3) is 0.217.